The van der Waals surface area contributed by atoms with E-state index in [1.807, 2.05) is 30.3 Å². The largest absolute Gasteiger partial charge is 0.493 e. The molecule has 3 heterocycles. The second-order valence-corrected chi connectivity index (χ2v) is 7.73. The Morgan fingerprint density at radius 3 is 2.66 bits per heavy atom. The molecule has 1 fully saturated rings. The van der Waals surface area contributed by atoms with Crippen LogP contribution < -0.4 is 15.7 Å². The van der Waals surface area contributed by atoms with Gasteiger partial charge in [0.25, 0.3) is 5.91 Å². The van der Waals surface area contributed by atoms with Crippen molar-refractivity contribution in [1.82, 2.24) is 19.5 Å². The lowest BCUT2D eigenvalue weighted by Crippen LogP contribution is -2.44. The van der Waals surface area contributed by atoms with E-state index in [-0.39, 0.29) is 18.7 Å². The molecule has 9 heteroatoms. The molecule has 1 aliphatic rings. The van der Waals surface area contributed by atoms with E-state index in [4.69, 9.17) is 9.47 Å². The molecule has 1 unspecified atom stereocenters. The fraction of sp³-hybridized carbons (Fsp3) is 0.391. The number of fused-ring (bicyclic) bond motifs is 1. The number of nitrogens with one attached hydrogen (secondary N) is 1. The van der Waals surface area contributed by atoms with Gasteiger partial charge in [0.15, 0.2) is 5.65 Å². The van der Waals surface area contributed by atoms with Gasteiger partial charge in [0.1, 0.15) is 11.8 Å². The van der Waals surface area contributed by atoms with Gasteiger partial charge in [0.2, 0.25) is 5.91 Å². The second-order valence-electron chi connectivity index (χ2n) is 7.73. The summed E-state index contributed by atoms with van der Waals surface area (Å²) in [5.41, 5.74) is 1.15. The zero-order chi connectivity index (χ0) is 22.3. The molecular formula is C23H26N4O5. The Hall–Kier alpha value is -3.46. The van der Waals surface area contributed by atoms with Gasteiger partial charge >= 0.3 is 5.69 Å². The van der Waals surface area contributed by atoms with E-state index in [1.165, 1.54) is 9.96 Å². The maximum absolute atomic E-state index is 12.6. The van der Waals surface area contributed by atoms with Gasteiger partial charge in [-0.2, -0.15) is 4.68 Å². The maximum Gasteiger partial charge on any atom is 0.351 e. The average molecular weight is 438 g/mol. The lowest BCUT2D eigenvalue weighted by Gasteiger charge is -2.19. The van der Waals surface area contributed by atoms with Gasteiger partial charge in [-0.25, -0.2) is 4.79 Å². The van der Waals surface area contributed by atoms with Gasteiger partial charge in [0, 0.05) is 25.3 Å². The number of piperidine rings is 1. The van der Waals surface area contributed by atoms with Crippen molar-refractivity contribution in [3.63, 3.8) is 0 Å². The Morgan fingerprint density at radius 2 is 1.84 bits per heavy atom. The van der Waals surface area contributed by atoms with Gasteiger partial charge in [0.05, 0.1) is 13.2 Å². The van der Waals surface area contributed by atoms with Crippen LogP contribution in [0.3, 0.4) is 0 Å². The highest BCUT2D eigenvalue weighted by atomic mass is 16.5. The molecule has 1 N–H and O–H groups in total. The number of amides is 2. The lowest BCUT2D eigenvalue weighted by molar-refractivity contribution is -0.136. The van der Waals surface area contributed by atoms with Crippen molar-refractivity contribution < 1.29 is 19.1 Å². The molecule has 3 aromatic rings. The Labute approximate surface area is 184 Å². The number of benzene rings is 1. The second kappa shape index (κ2) is 10.2. The van der Waals surface area contributed by atoms with E-state index >= 15 is 0 Å². The predicted molar refractivity (Wildman–Crippen MR) is 116 cm³/mol. The zero-order valence-electron chi connectivity index (χ0n) is 17.7. The number of hydrogen-bond donors (Lipinski definition) is 1. The van der Waals surface area contributed by atoms with E-state index in [9.17, 15) is 14.4 Å². The number of hydrogen-bond acceptors (Lipinski definition) is 6. The molecule has 4 rings (SSSR count). The summed E-state index contributed by atoms with van der Waals surface area (Å²) < 4.78 is 14.0. The molecule has 32 heavy (non-hydrogen) atoms. The standard InChI is InChI=1S/C23H26N4O5/c28-21-10-9-19(22(29)24-21)27-23(30)26-12-11-18(15-20(26)25-27)32-14-6-2-5-13-31-16-17-7-3-1-4-8-17/h1,3-4,7-8,11-12,15,19H,2,5-6,9-10,13-14,16H2,(H,24,28,29). The molecule has 2 amide bonds. The summed E-state index contributed by atoms with van der Waals surface area (Å²) in [6.07, 6.45) is 4.86. The number of aromatic nitrogens is 3. The number of carbonyl (C=O) groups is 2. The number of imide groups is 1. The SMILES string of the molecule is O=C1CCC(n2nc3cc(OCCCCCOCc4ccccc4)ccn3c2=O)C(=O)N1. The number of pyridine rings is 1. The van der Waals surface area contributed by atoms with Gasteiger partial charge in [-0.3, -0.25) is 19.3 Å². The predicted octanol–water partition coefficient (Wildman–Crippen LogP) is 2.24. The molecule has 1 aliphatic heterocycles. The summed E-state index contributed by atoms with van der Waals surface area (Å²) in [6, 6.07) is 12.7. The maximum atomic E-state index is 12.6. The average Bonchev–Trinajstić information content (AvgIpc) is 3.12. The third-order valence-corrected chi connectivity index (χ3v) is 5.34. The lowest BCUT2D eigenvalue weighted by atomic mass is 10.1. The highest BCUT2D eigenvalue weighted by Crippen LogP contribution is 2.18. The molecular weight excluding hydrogens is 412 g/mol. The molecule has 0 radical (unpaired) electrons. The fourth-order valence-electron chi connectivity index (χ4n) is 3.62. The minimum Gasteiger partial charge on any atom is -0.493 e. The first-order valence-corrected chi connectivity index (χ1v) is 10.8. The Bertz CT molecular complexity index is 1140. The first-order valence-electron chi connectivity index (χ1n) is 10.8. The Balaban J connectivity index is 1.23. The molecule has 9 nitrogen and oxygen atoms in total. The topological polar surface area (TPSA) is 104 Å². The van der Waals surface area contributed by atoms with Crippen LogP contribution >= 0.6 is 0 Å². The van der Waals surface area contributed by atoms with Crippen LogP contribution in [0, 0.1) is 0 Å². The van der Waals surface area contributed by atoms with E-state index in [1.54, 1.807) is 18.3 Å². The van der Waals surface area contributed by atoms with Crippen LogP contribution in [-0.4, -0.2) is 39.2 Å². The van der Waals surface area contributed by atoms with Crippen LogP contribution in [0.5, 0.6) is 5.75 Å². The number of carbonyl (C=O) groups excluding carboxylic acids is 2. The molecule has 1 aromatic carbocycles. The quantitative estimate of drug-likeness (QED) is 0.385. The third-order valence-electron chi connectivity index (χ3n) is 5.34. The smallest absolute Gasteiger partial charge is 0.351 e. The number of rotatable bonds is 10. The summed E-state index contributed by atoms with van der Waals surface area (Å²) in [5.74, 6) is -0.226. The number of unbranched alkanes of at least 4 members (excludes halogenated alkanes) is 2. The van der Waals surface area contributed by atoms with Crippen LogP contribution in [-0.2, 0) is 20.9 Å². The monoisotopic (exact) mass is 438 g/mol. The normalized spacial score (nSPS) is 16.3. The molecule has 1 atom stereocenters. The highest BCUT2D eigenvalue weighted by molar-refractivity contribution is 5.99. The molecule has 0 aliphatic carbocycles. The summed E-state index contributed by atoms with van der Waals surface area (Å²) >= 11 is 0. The van der Waals surface area contributed by atoms with Crippen molar-refractivity contribution in [3.8, 4) is 5.75 Å². The van der Waals surface area contributed by atoms with Gasteiger partial charge in [-0.1, -0.05) is 30.3 Å². The zero-order valence-corrected chi connectivity index (χ0v) is 17.7. The van der Waals surface area contributed by atoms with E-state index < -0.39 is 17.6 Å². The summed E-state index contributed by atoms with van der Waals surface area (Å²) in [4.78, 5) is 36.0. The Morgan fingerprint density at radius 1 is 1.03 bits per heavy atom. The minimum absolute atomic E-state index is 0.183. The first kappa shape index (κ1) is 21.8. The van der Waals surface area contributed by atoms with Crippen LogP contribution in [0.1, 0.15) is 43.7 Å². The van der Waals surface area contributed by atoms with Crippen LogP contribution in [0.15, 0.2) is 53.5 Å². The van der Waals surface area contributed by atoms with Crippen molar-refractivity contribution >= 4 is 17.5 Å². The number of ether oxygens (including phenoxy) is 2. The molecule has 0 bridgehead atoms. The summed E-state index contributed by atoms with van der Waals surface area (Å²) in [7, 11) is 0. The third kappa shape index (κ3) is 5.23. The van der Waals surface area contributed by atoms with Gasteiger partial charge < -0.3 is 9.47 Å². The molecule has 1 saturated heterocycles. The van der Waals surface area contributed by atoms with Crippen molar-refractivity contribution in [1.29, 1.82) is 0 Å². The summed E-state index contributed by atoms with van der Waals surface area (Å²) in [5, 5.41) is 6.52. The van der Waals surface area contributed by atoms with Crippen molar-refractivity contribution in [2.45, 2.75) is 44.8 Å². The first-order chi connectivity index (χ1) is 15.6. The van der Waals surface area contributed by atoms with Gasteiger partial charge in [-0.15, -0.1) is 5.10 Å². The minimum atomic E-state index is -0.784. The molecule has 0 spiro atoms. The van der Waals surface area contributed by atoms with Gasteiger partial charge in [-0.05, 0) is 37.3 Å². The fourth-order valence-corrected chi connectivity index (χ4v) is 3.62. The van der Waals surface area contributed by atoms with Crippen molar-refractivity contribution in [2.24, 2.45) is 0 Å². The van der Waals surface area contributed by atoms with Crippen molar-refractivity contribution in [3.05, 3.63) is 64.7 Å². The van der Waals surface area contributed by atoms with E-state index in [2.05, 4.69) is 10.4 Å². The van der Waals surface area contributed by atoms with Crippen LogP contribution in [0.4, 0.5) is 0 Å². The Kier molecular flexibility index (Phi) is 6.96. The van der Waals surface area contributed by atoms with Crippen LogP contribution in [0.25, 0.3) is 5.65 Å². The molecule has 168 valence electrons. The van der Waals surface area contributed by atoms with Crippen LogP contribution in [0.2, 0.25) is 0 Å². The van der Waals surface area contributed by atoms with Crippen molar-refractivity contribution in [2.75, 3.05) is 13.2 Å². The highest BCUT2D eigenvalue weighted by Gasteiger charge is 2.30. The summed E-state index contributed by atoms with van der Waals surface area (Å²) in [6.45, 7) is 1.89. The van der Waals surface area contributed by atoms with E-state index in [0.29, 0.717) is 31.2 Å². The molecule has 2 aromatic heterocycles. The number of nitrogens with zero attached hydrogens (tertiary/aromatic N) is 3. The molecule has 0 saturated carbocycles. The van der Waals surface area contributed by atoms with E-state index in [0.717, 1.165) is 23.9 Å².